The SMILES string of the molecule is O=C1c2ccccc2C(=O)N1CCSc1nnc(COc2ccccc2Cl)n1C1CC1. The third kappa shape index (κ3) is 3.93. The van der Waals surface area contributed by atoms with E-state index >= 15 is 0 Å². The van der Waals surface area contributed by atoms with Gasteiger partial charge in [-0.05, 0) is 37.1 Å². The molecule has 0 radical (unpaired) electrons. The van der Waals surface area contributed by atoms with Gasteiger partial charge in [0.05, 0.1) is 16.1 Å². The predicted molar refractivity (Wildman–Crippen MR) is 117 cm³/mol. The van der Waals surface area contributed by atoms with E-state index in [1.807, 2.05) is 18.2 Å². The fraction of sp³-hybridized carbons (Fsp3) is 0.273. The quantitative estimate of drug-likeness (QED) is 0.374. The van der Waals surface area contributed by atoms with E-state index < -0.39 is 0 Å². The Hall–Kier alpha value is -2.84. The number of hydrogen-bond acceptors (Lipinski definition) is 6. The third-order valence-electron chi connectivity index (χ3n) is 5.26. The van der Waals surface area contributed by atoms with Crippen LogP contribution in [0.2, 0.25) is 5.02 Å². The zero-order valence-electron chi connectivity index (χ0n) is 16.5. The van der Waals surface area contributed by atoms with Gasteiger partial charge in [-0.25, -0.2) is 0 Å². The third-order valence-corrected chi connectivity index (χ3v) is 6.50. The number of nitrogens with zero attached hydrogens (tertiary/aromatic N) is 4. The summed E-state index contributed by atoms with van der Waals surface area (Å²) in [5, 5.41) is 9.97. The molecular formula is C22H19ClN4O3S. The highest BCUT2D eigenvalue weighted by atomic mass is 35.5. The summed E-state index contributed by atoms with van der Waals surface area (Å²) in [7, 11) is 0. The van der Waals surface area contributed by atoms with Crippen molar-refractivity contribution in [2.75, 3.05) is 12.3 Å². The molecule has 2 heterocycles. The highest BCUT2D eigenvalue weighted by molar-refractivity contribution is 7.99. The van der Waals surface area contributed by atoms with E-state index in [0.29, 0.717) is 40.2 Å². The van der Waals surface area contributed by atoms with Crippen LogP contribution in [0, 0.1) is 0 Å². The first-order valence-electron chi connectivity index (χ1n) is 10.0. The molecule has 1 fully saturated rings. The number of ether oxygens (including phenoxy) is 1. The minimum atomic E-state index is -0.237. The highest BCUT2D eigenvalue weighted by Gasteiger charge is 2.35. The number of rotatable bonds is 8. The Bertz CT molecular complexity index is 1130. The largest absolute Gasteiger partial charge is 0.484 e. The minimum Gasteiger partial charge on any atom is -0.484 e. The standard InChI is InChI=1S/C22H19ClN4O3S/c23-17-7-3-4-8-18(17)30-13-19-24-25-22(27(19)14-9-10-14)31-12-11-26-20(28)15-5-1-2-6-16(15)21(26)29/h1-8,14H,9-13H2. The van der Waals surface area contributed by atoms with E-state index in [0.717, 1.165) is 23.8 Å². The molecule has 31 heavy (non-hydrogen) atoms. The normalized spacial score (nSPS) is 15.5. The summed E-state index contributed by atoms with van der Waals surface area (Å²) in [6.07, 6.45) is 2.15. The summed E-state index contributed by atoms with van der Waals surface area (Å²) >= 11 is 7.66. The van der Waals surface area contributed by atoms with Gasteiger partial charge in [0.25, 0.3) is 11.8 Å². The smallest absolute Gasteiger partial charge is 0.261 e. The molecule has 1 aliphatic carbocycles. The average molecular weight is 455 g/mol. The first-order valence-corrected chi connectivity index (χ1v) is 11.4. The molecule has 2 aliphatic rings. The van der Waals surface area contributed by atoms with Gasteiger partial charge in [0.1, 0.15) is 12.4 Å². The lowest BCUT2D eigenvalue weighted by molar-refractivity contribution is 0.0664. The van der Waals surface area contributed by atoms with Crippen LogP contribution in [-0.4, -0.2) is 43.8 Å². The Kier molecular flexibility index (Phi) is 5.41. The zero-order chi connectivity index (χ0) is 21.4. The fourth-order valence-corrected chi connectivity index (χ4v) is 4.72. The summed E-state index contributed by atoms with van der Waals surface area (Å²) in [6.45, 7) is 0.589. The second-order valence-electron chi connectivity index (χ2n) is 7.38. The van der Waals surface area contributed by atoms with Crippen LogP contribution in [0.1, 0.15) is 45.4 Å². The number of fused-ring (bicyclic) bond motifs is 1. The van der Waals surface area contributed by atoms with Gasteiger partial charge < -0.3 is 9.30 Å². The molecular weight excluding hydrogens is 436 g/mol. The molecule has 5 rings (SSSR count). The van der Waals surface area contributed by atoms with Crippen LogP contribution in [-0.2, 0) is 6.61 Å². The van der Waals surface area contributed by atoms with Crippen LogP contribution < -0.4 is 4.74 Å². The Morgan fingerprint density at radius 1 is 1.00 bits per heavy atom. The fourth-order valence-electron chi connectivity index (χ4n) is 3.58. The maximum absolute atomic E-state index is 12.5. The first-order chi connectivity index (χ1) is 15.1. The summed E-state index contributed by atoms with van der Waals surface area (Å²) in [5.74, 6) is 1.42. The van der Waals surface area contributed by atoms with Gasteiger partial charge >= 0.3 is 0 Å². The average Bonchev–Trinajstić information content (AvgIpc) is 3.50. The molecule has 0 saturated heterocycles. The summed E-state index contributed by atoms with van der Waals surface area (Å²) < 4.78 is 7.94. The van der Waals surface area contributed by atoms with Gasteiger partial charge in [0.15, 0.2) is 11.0 Å². The summed E-state index contributed by atoms with van der Waals surface area (Å²) in [6, 6.07) is 14.6. The number of carbonyl (C=O) groups is 2. The molecule has 0 bridgehead atoms. The predicted octanol–water partition coefficient (Wildman–Crippen LogP) is 4.23. The van der Waals surface area contributed by atoms with Gasteiger partial charge in [-0.2, -0.15) is 0 Å². The number of benzene rings is 2. The van der Waals surface area contributed by atoms with E-state index in [9.17, 15) is 9.59 Å². The first kappa shape index (κ1) is 20.1. The Labute approximate surface area is 188 Å². The summed E-state index contributed by atoms with van der Waals surface area (Å²) in [4.78, 5) is 26.3. The highest BCUT2D eigenvalue weighted by Crippen LogP contribution is 2.39. The lowest BCUT2D eigenvalue weighted by Crippen LogP contribution is -2.31. The van der Waals surface area contributed by atoms with Crippen molar-refractivity contribution in [3.63, 3.8) is 0 Å². The number of imide groups is 1. The van der Waals surface area contributed by atoms with Gasteiger partial charge in [-0.3, -0.25) is 14.5 Å². The maximum Gasteiger partial charge on any atom is 0.261 e. The van der Waals surface area contributed by atoms with Gasteiger partial charge in [-0.1, -0.05) is 47.6 Å². The Balaban J connectivity index is 1.24. The van der Waals surface area contributed by atoms with Crippen molar-refractivity contribution in [2.45, 2.75) is 30.6 Å². The van der Waals surface area contributed by atoms with E-state index in [2.05, 4.69) is 14.8 Å². The van der Waals surface area contributed by atoms with Crippen molar-refractivity contribution >= 4 is 35.2 Å². The van der Waals surface area contributed by atoms with Crippen LogP contribution >= 0.6 is 23.4 Å². The molecule has 1 aromatic heterocycles. The molecule has 2 amide bonds. The molecule has 1 aliphatic heterocycles. The van der Waals surface area contributed by atoms with E-state index in [-0.39, 0.29) is 18.4 Å². The number of aromatic nitrogens is 3. The Morgan fingerprint density at radius 3 is 2.35 bits per heavy atom. The minimum absolute atomic E-state index is 0.237. The molecule has 7 nitrogen and oxygen atoms in total. The second kappa shape index (κ2) is 8.36. The van der Waals surface area contributed by atoms with Crippen molar-refractivity contribution in [3.8, 4) is 5.75 Å². The van der Waals surface area contributed by atoms with Crippen LogP contribution in [0.15, 0.2) is 53.7 Å². The molecule has 1 saturated carbocycles. The molecule has 158 valence electrons. The molecule has 0 atom stereocenters. The topological polar surface area (TPSA) is 77.3 Å². The van der Waals surface area contributed by atoms with Crippen LogP contribution in [0.3, 0.4) is 0 Å². The van der Waals surface area contributed by atoms with Crippen molar-refractivity contribution in [2.24, 2.45) is 0 Å². The molecule has 9 heteroatoms. The van der Waals surface area contributed by atoms with Gasteiger partial charge in [0.2, 0.25) is 0 Å². The molecule has 3 aromatic rings. The lowest BCUT2D eigenvalue weighted by Gasteiger charge is -2.14. The number of carbonyl (C=O) groups excluding carboxylic acids is 2. The van der Waals surface area contributed by atoms with Crippen LogP contribution in [0.4, 0.5) is 0 Å². The van der Waals surface area contributed by atoms with E-state index in [1.54, 1.807) is 30.3 Å². The maximum atomic E-state index is 12.5. The number of thioether (sulfide) groups is 1. The van der Waals surface area contributed by atoms with Crippen molar-refractivity contribution < 1.29 is 14.3 Å². The molecule has 0 spiro atoms. The molecule has 2 aromatic carbocycles. The van der Waals surface area contributed by atoms with E-state index in [1.165, 1.54) is 16.7 Å². The van der Waals surface area contributed by atoms with Crippen molar-refractivity contribution in [3.05, 3.63) is 70.5 Å². The number of halogens is 1. The number of amides is 2. The Morgan fingerprint density at radius 2 is 1.68 bits per heavy atom. The van der Waals surface area contributed by atoms with Crippen molar-refractivity contribution in [1.29, 1.82) is 0 Å². The van der Waals surface area contributed by atoms with Gasteiger partial charge in [0, 0.05) is 18.3 Å². The van der Waals surface area contributed by atoms with Crippen LogP contribution in [0.25, 0.3) is 0 Å². The monoisotopic (exact) mass is 454 g/mol. The van der Waals surface area contributed by atoms with Gasteiger partial charge in [-0.15, -0.1) is 10.2 Å². The zero-order valence-corrected chi connectivity index (χ0v) is 18.1. The number of hydrogen-bond donors (Lipinski definition) is 0. The molecule has 0 unspecified atom stereocenters. The van der Waals surface area contributed by atoms with Crippen molar-refractivity contribution in [1.82, 2.24) is 19.7 Å². The lowest BCUT2D eigenvalue weighted by atomic mass is 10.1. The molecule has 0 N–H and O–H groups in total. The van der Waals surface area contributed by atoms with E-state index in [4.69, 9.17) is 16.3 Å². The van der Waals surface area contributed by atoms with Crippen LogP contribution in [0.5, 0.6) is 5.75 Å². The summed E-state index contributed by atoms with van der Waals surface area (Å²) in [5.41, 5.74) is 0.940. The number of para-hydroxylation sites is 1. The second-order valence-corrected chi connectivity index (χ2v) is 8.84.